The number of alkyl halides is 3. The Hall–Kier alpha value is -2.87. The zero-order chi connectivity index (χ0) is 20.0. The Morgan fingerprint density at radius 2 is 1.70 bits per heavy atom. The van der Waals surface area contributed by atoms with Crippen LogP contribution in [0.2, 0.25) is 5.02 Å². The van der Waals surface area contributed by atoms with Gasteiger partial charge in [-0.1, -0.05) is 35.9 Å². The number of hydrazone groups is 1. The Balaban J connectivity index is 1.99. The molecule has 2 amide bonds. The van der Waals surface area contributed by atoms with Gasteiger partial charge in [-0.3, -0.25) is 9.59 Å². The van der Waals surface area contributed by atoms with Crippen LogP contribution in [0.25, 0.3) is 0 Å². The lowest BCUT2D eigenvalue weighted by atomic mass is 10.1. The summed E-state index contributed by atoms with van der Waals surface area (Å²) in [5.41, 5.74) is 1.37. The van der Waals surface area contributed by atoms with Crippen molar-refractivity contribution in [3.8, 4) is 0 Å². The molecule has 0 spiro atoms. The number of para-hydroxylation sites is 1. The van der Waals surface area contributed by atoms with E-state index in [1.807, 2.05) is 0 Å². The smallest absolute Gasteiger partial charge is 0.325 e. The SMILES string of the molecule is C/C(CC(=O)Nc1ccccc1C(F)(F)F)=N\NC(=O)c1ccccc1Cl. The van der Waals surface area contributed by atoms with Crippen LogP contribution in [-0.4, -0.2) is 17.5 Å². The van der Waals surface area contributed by atoms with Crippen molar-refractivity contribution < 1.29 is 22.8 Å². The number of nitrogens with one attached hydrogen (secondary N) is 2. The van der Waals surface area contributed by atoms with Crippen LogP contribution in [0.15, 0.2) is 53.6 Å². The van der Waals surface area contributed by atoms with E-state index in [2.05, 4.69) is 15.8 Å². The second-order valence-corrected chi connectivity index (χ2v) is 5.94. The third-order valence-corrected chi connectivity index (χ3v) is 3.72. The van der Waals surface area contributed by atoms with Crippen LogP contribution in [-0.2, 0) is 11.0 Å². The number of benzene rings is 2. The van der Waals surface area contributed by atoms with E-state index in [9.17, 15) is 22.8 Å². The molecule has 5 nitrogen and oxygen atoms in total. The van der Waals surface area contributed by atoms with Gasteiger partial charge in [0.25, 0.3) is 5.91 Å². The van der Waals surface area contributed by atoms with Gasteiger partial charge in [-0.05, 0) is 31.2 Å². The van der Waals surface area contributed by atoms with Crippen LogP contribution in [0.3, 0.4) is 0 Å². The highest BCUT2D eigenvalue weighted by Gasteiger charge is 2.33. The molecule has 0 unspecified atom stereocenters. The van der Waals surface area contributed by atoms with E-state index < -0.39 is 23.6 Å². The number of halogens is 4. The van der Waals surface area contributed by atoms with Crippen molar-refractivity contribution in [1.29, 1.82) is 0 Å². The maximum atomic E-state index is 12.9. The van der Waals surface area contributed by atoms with Crippen LogP contribution < -0.4 is 10.7 Å². The van der Waals surface area contributed by atoms with Crippen molar-refractivity contribution in [2.24, 2.45) is 5.10 Å². The van der Waals surface area contributed by atoms with Crippen molar-refractivity contribution in [1.82, 2.24) is 5.43 Å². The second kappa shape index (κ2) is 8.68. The maximum absolute atomic E-state index is 12.9. The number of carbonyl (C=O) groups excluding carboxylic acids is 2. The molecule has 0 fully saturated rings. The number of hydrogen-bond acceptors (Lipinski definition) is 3. The highest BCUT2D eigenvalue weighted by atomic mass is 35.5. The fraction of sp³-hybridized carbons (Fsp3) is 0.167. The number of amides is 2. The summed E-state index contributed by atoms with van der Waals surface area (Å²) in [6.45, 7) is 1.46. The zero-order valence-corrected chi connectivity index (χ0v) is 14.9. The van der Waals surface area contributed by atoms with Gasteiger partial charge in [0, 0.05) is 5.71 Å². The first kappa shape index (κ1) is 20.4. The minimum atomic E-state index is -4.59. The highest BCUT2D eigenvalue weighted by molar-refractivity contribution is 6.33. The van der Waals surface area contributed by atoms with Gasteiger partial charge in [-0.15, -0.1) is 0 Å². The minimum Gasteiger partial charge on any atom is -0.325 e. The summed E-state index contributed by atoms with van der Waals surface area (Å²) in [5.74, 6) is -1.26. The molecule has 0 aliphatic rings. The third kappa shape index (κ3) is 5.82. The second-order valence-electron chi connectivity index (χ2n) is 5.54. The average molecular weight is 398 g/mol. The highest BCUT2D eigenvalue weighted by Crippen LogP contribution is 2.34. The van der Waals surface area contributed by atoms with Gasteiger partial charge >= 0.3 is 6.18 Å². The van der Waals surface area contributed by atoms with Crippen molar-refractivity contribution in [2.45, 2.75) is 19.5 Å². The summed E-state index contributed by atoms with van der Waals surface area (Å²) in [7, 11) is 0. The molecule has 9 heteroatoms. The van der Waals surface area contributed by atoms with Gasteiger partial charge < -0.3 is 5.32 Å². The quantitative estimate of drug-likeness (QED) is 0.576. The summed E-state index contributed by atoms with van der Waals surface area (Å²) < 4.78 is 38.8. The van der Waals surface area contributed by atoms with Crippen molar-refractivity contribution >= 4 is 34.8 Å². The molecule has 0 aromatic heterocycles. The summed E-state index contributed by atoms with van der Waals surface area (Å²) >= 11 is 5.90. The first-order valence-electron chi connectivity index (χ1n) is 7.72. The molecule has 2 aromatic rings. The lowest BCUT2D eigenvalue weighted by Crippen LogP contribution is -2.22. The van der Waals surface area contributed by atoms with Crippen LogP contribution in [0.5, 0.6) is 0 Å². The van der Waals surface area contributed by atoms with Gasteiger partial charge in [0.1, 0.15) is 0 Å². The third-order valence-electron chi connectivity index (χ3n) is 3.39. The zero-order valence-electron chi connectivity index (χ0n) is 14.1. The van der Waals surface area contributed by atoms with Crippen LogP contribution in [0.1, 0.15) is 29.3 Å². The molecule has 0 saturated heterocycles. The molecule has 0 heterocycles. The van der Waals surface area contributed by atoms with Gasteiger partial charge in [0.2, 0.25) is 5.91 Å². The Morgan fingerprint density at radius 1 is 1.07 bits per heavy atom. The van der Waals surface area contributed by atoms with E-state index in [4.69, 9.17) is 11.6 Å². The van der Waals surface area contributed by atoms with Gasteiger partial charge in [0.15, 0.2) is 0 Å². The predicted octanol–water partition coefficient (Wildman–Crippen LogP) is 4.49. The molecule has 142 valence electrons. The molecule has 0 bridgehead atoms. The first-order valence-corrected chi connectivity index (χ1v) is 8.10. The predicted molar refractivity (Wildman–Crippen MR) is 96.7 cm³/mol. The summed E-state index contributed by atoms with van der Waals surface area (Å²) in [6.07, 6.45) is -4.88. The van der Waals surface area contributed by atoms with E-state index in [1.54, 1.807) is 18.2 Å². The number of anilines is 1. The van der Waals surface area contributed by atoms with Gasteiger partial charge in [-0.2, -0.15) is 18.3 Å². The van der Waals surface area contributed by atoms with Crippen molar-refractivity contribution in [2.75, 3.05) is 5.32 Å². The minimum absolute atomic E-state index is 0.206. The Bertz CT molecular complexity index is 882. The standard InChI is InChI=1S/C18H15ClF3N3O2/c1-11(24-25-17(27)12-6-2-4-8-14(12)19)10-16(26)23-15-9-5-3-7-13(15)18(20,21)22/h2-9H,10H2,1H3,(H,23,26)(H,25,27)/b24-11+. The molecule has 2 aromatic carbocycles. The van der Waals surface area contributed by atoms with Crippen LogP contribution in [0, 0.1) is 0 Å². The Kier molecular flexibility index (Phi) is 6.57. The summed E-state index contributed by atoms with van der Waals surface area (Å²) in [6, 6.07) is 11.0. The Labute approximate surface area is 158 Å². The fourth-order valence-corrected chi connectivity index (χ4v) is 2.38. The summed E-state index contributed by atoms with van der Waals surface area (Å²) in [4.78, 5) is 24.0. The molecule has 0 saturated carbocycles. The number of rotatable bonds is 5. The number of carbonyl (C=O) groups is 2. The van der Waals surface area contributed by atoms with E-state index in [0.717, 1.165) is 12.1 Å². The lowest BCUT2D eigenvalue weighted by molar-refractivity contribution is -0.137. The monoisotopic (exact) mass is 397 g/mol. The lowest BCUT2D eigenvalue weighted by Gasteiger charge is -2.13. The van der Waals surface area contributed by atoms with Crippen molar-refractivity contribution in [3.63, 3.8) is 0 Å². The molecule has 0 atom stereocenters. The van der Waals surface area contributed by atoms with E-state index in [-0.39, 0.29) is 28.4 Å². The molecule has 2 N–H and O–H groups in total. The average Bonchev–Trinajstić information content (AvgIpc) is 2.59. The molecule has 0 radical (unpaired) electrons. The topological polar surface area (TPSA) is 70.6 Å². The molecular weight excluding hydrogens is 383 g/mol. The van der Waals surface area contributed by atoms with Gasteiger partial charge in [0.05, 0.1) is 28.3 Å². The van der Waals surface area contributed by atoms with E-state index in [0.29, 0.717) is 0 Å². The molecule has 0 aliphatic carbocycles. The van der Waals surface area contributed by atoms with Crippen LogP contribution >= 0.6 is 11.6 Å². The largest absolute Gasteiger partial charge is 0.418 e. The first-order chi connectivity index (χ1) is 12.7. The number of nitrogens with zero attached hydrogens (tertiary/aromatic N) is 1. The van der Waals surface area contributed by atoms with Crippen molar-refractivity contribution in [3.05, 3.63) is 64.7 Å². The van der Waals surface area contributed by atoms with Gasteiger partial charge in [-0.25, -0.2) is 5.43 Å². The van der Waals surface area contributed by atoms with E-state index >= 15 is 0 Å². The Morgan fingerprint density at radius 3 is 2.37 bits per heavy atom. The van der Waals surface area contributed by atoms with Crippen LogP contribution in [0.4, 0.5) is 18.9 Å². The fourth-order valence-electron chi connectivity index (χ4n) is 2.16. The molecular formula is C18H15ClF3N3O2. The molecule has 0 aliphatic heterocycles. The number of hydrogen-bond donors (Lipinski definition) is 2. The van der Waals surface area contributed by atoms with E-state index in [1.165, 1.54) is 25.1 Å². The molecule has 2 rings (SSSR count). The normalized spacial score (nSPS) is 11.8. The maximum Gasteiger partial charge on any atom is 0.418 e. The summed E-state index contributed by atoms with van der Waals surface area (Å²) in [5, 5.41) is 6.21. The molecule has 27 heavy (non-hydrogen) atoms.